The number of hydrogen-bond donors (Lipinski definition) is 2. The molecule has 3 rings (SSSR count). The Labute approximate surface area is 190 Å². The molecule has 0 spiro atoms. The monoisotopic (exact) mass is 455 g/mol. The van der Waals surface area contributed by atoms with Crippen molar-refractivity contribution in [2.45, 2.75) is 24.1 Å². The van der Waals surface area contributed by atoms with Gasteiger partial charge in [0.25, 0.3) is 0 Å². The number of nitrogens with one attached hydrogen (secondary N) is 2. The number of thioether (sulfide) groups is 1. The lowest BCUT2D eigenvalue weighted by Crippen LogP contribution is -2.27. The number of anilines is 1. The number of rotatable bonds is 10. The molecule has 2 aromatic carbocycles. The second-order valence-electron chi connectivity index (χ2n) is 6.93. The highest BCUT2D eigenvalue weighted by Crippen LogP contribution is 2.23. The molecular weight excluding hydrogens is 430 g/mol. The van der Waals surface area contributed by atoms with Gasteiger partial charge in [-0.3, -0.25) is 9.59 Å². The van der Waals surface area contributed by atoms with Crippen molar-refractivity contribution in [2.75, 3.05) is 24.7 Å². The first-order chi connectivity index (χ1) is 15.0. The third-order valence-corrected chi connectivity index (χ3v) is 6.50. The van der Waals surface area contributed by atoms with E-state index in [-0.39, 0.29) is 24.0 Å². The van der Waals surface area contributed by atoms with Crippen LogP contribution in [-0.2, 0) is 22.4 Å². The van der Waals surface area contributed by atoms with Gasteiger partial charge in [-0.25, -0.2) is 4.98 Å². The minimum Gasteiger partial charge on any atom is -0.497 e. The lowest BCUT2D eigenvalue weighted by Gasteiger charge is -2.05. The van der Waals surface area contributed by atoms with Crippen LogP contribution in [0.1, 0.15) is 16.8 Å². The molecule has 31 heavy (non-hydrogen) atoms. The number of ether oxygens (including phenoxy) is 1. The summed E-state index contributed by atoms with van der Waals surface area (Å²) < 4.78 is 5.92. The zero-order valence-corrected chi connectivity index (χ0v) is 19.1. The average Bonchev–Trinajstić information content (AvgIpc) is 3.21. The van der Waals surface area contributed by atoms with Crippen molar-refractivity contribution < 1.29 is 14.3 Å². The van der Waals surface area contributed by atoms with Crippen LogP contribution in [0.25, 0.3) is 0 Å². The summed E-state index contributed by atoms with van der Waals surface area (Å²) in [7, 11) is 1.64. The van der Waals surface area contributed by atoms with Crippen LogP contribution in [-0.4, -0.2) is 36.2 Å². The van der Waals surface area contributed by atoms with E-state index < -0.39 is 0 Å². The van der Waals surface area contributed by atoms with Crippen LogP contribution in [0.5, 0.6) is 5.75 Å². The molecule has 0 aliphatic heterocycles. The fourth-order valence-corrected chi connectivity index (χ4v) is 4.41. The van der Waals surface area contributed by atoms with Gasteiger partial charge in [0, 0.05) is 17.6 Å². The van der Waals surface area contributed by atoms with Crippen LogP contribution in [0.4, 0.5) is 5.69 Å². The van der Waals surface area contributed by atoms with Gasteiger partial charge in [0.05, 0.1) is 25.0 Å². The van der Waals surface area contributed by atoms with E-state index >= 15 is 0 Å². The Morgan fingerprint density at radius 2 is 1.81 bits per heavy atom. The van der Waals surface area contributed by atoms with Crippen LogP contribution in [0, 0.1) is 6.92 Å². The molecule has 6 nitrogen and oxygen atoms in total. The van der Waals surface area contributed by atoms with Gasteiger partial charge in [0.1, 0.15) is 5.75 Å². The molecule has 1 aromatic heterocycles. The zero-order valence-electron chi connectivity index (χ0n) is 17.5. The summed E-state index contributed by atoms with van der Waals surface area (Å²) in [5, 5.41) is 7.65. The smallest absolute Gasteiger partial charge is 0.234 e. The lowest BCUT2D eigenvalue weighted by molar-refractivity contribution is -0.120. The Morgan fingerprint density at radius 3 is 2.52 bits per heavy atom. The van der Waals surface area contributed by atoms with E-state index in [1.165, 1.54) is 23.1 Å². The average molecular weight is 456 g/mol. The zero-order chi connectivity index (χ0) is 22.1. The predicted molar refractivity (Wildman–Crippen MR) is 126 cm³/mol. The van der Waals surface area contributed by atoms with Gasteiger partial charge in [-0.05, 0) is 43.2 Å². The number of aryl methyl sites for hydroxylation is 1. The number of carbonyl (C=O) groups is 2. The number of methoxy groups -OCH3 is 1. The van der Waals surface area contributed by atoms with E-state index in [2.05, 4.69) is 15.6 Å². The number of nitrogens with zero attached hydrogens (tertiary/aromatic N) is 1. The molecule has 2 N–H and O–H groups in total. The van der Waals surface area contributed by atoms with E-state index in [0.29, 0.717) is 12.2 Å². The van der Waals surface area contributed by atoms with Crippen molar-refractivity contribution in [3.63, 3.8) is 0 Å². The molecular formula is C23H25N3O3S2. The second kappa shape index (κ2) is 11.5. The maximum atomic E-state index is 12.2. The minimum atomic E-state index is -0.0816. The van der Waals surface area contributed by atoms with Crippen molar-refractivity contribution >= 4 is 40.6 Å². The topological polar surface area (TPSA) is 80.3 Å². The summed E-state index contributed by atoms with van der Waals surface area (Å²) in [4.78, 5) is 28.7. The van der Waals surface area contributed by atoms with E-state index in [1.807, 2.05) is 60.8 Å². The summed E-state index contributed by atoms with van der Waals surface area (Å²) in [5.74, 6) is 0.946. The highest BCUT2D eigenvalue weighted by atomic mass is 32.2. The van der Waals surface area contributed by atoms with Gasteiger partial charge in [-0.2, -0.15) is 0 Å². The standard InChI is InChI=1S/C23H25N3O3S2/c1-16-3-7-18(8-4-16)25-22(28)15-31-23-26-19(14-30-23)13-21(27)24-12-11-17-5-9-20(29-2)10-6-17/h3-10,14H,11-13,15H2,1-2H3,(H,24,27)(H,25,28). The van der Waals surface area contributed by atoms with Crippen LogP contribution in [0.2, 0.25) is 0 Å². The number of carbonyl (C=O) groups excluding carboxylic acids is 2. The van der Waals surface area contributed by atoms with Crippen molar-refractivity contribution in [3.05, 3.63) is 70.7 Å². The molecule has 0 bridgehead atoms. The summed E-state index contributed by atoms with van der Waals surface area (Å²) in [6.45, 7) is 2.57. The maximum absolute atomic E-state index is 12.2. The Bertz CT molecular complexity index is 1000. The predicted octanol–water partition coefficient (Wildman–Crippen LogP) is 4.09. The van der Waals surface area contributed by atoms with Gasteiger partial charge < -0.3 is 15.4 Å². The molecule has 1 heterocycles. The van der Waals surface area contributed by atoms with E-state index in [0.717, 1.165) is 33.3 Å². The van der Waals surface area contributed by atoms with Crippen molar-refractivity contribution in [1.82, 2.24) is 10.3 Å². The second-order valence-corrected chi connectivity index (χ2v) is 9.01. The molecule has 0 aliphatic rings. The van der Waals surface area contributed by atoms with Crippen LogP contribution < -0.4 is 15.4 Å². The fraction of sp³-hybridized carbons (Fsp3) is 0.261. The van der Waals surface area contributed by atoms with E-state index in [4.69, 9.17) is 4.74 Å². The Morgan fingerprint density at radius 1 is 1.06 bits per heavy atom. The van der Waals surface area contributed by atoms with Crippen molar-refractivity contribution in [2.24, 2.45) is 0 Å². The number of benzene rings is 2. The number of aromatic nitrogens is 1. The van der Waals surface area contributed by atoms with Gasteiger partial charge in [-0.1, -0.05) is 41.6 Å². The molecule has 3 aromatic rings. The highest BCUT2D eigenvalue weighted by molar-refractivity contribution is 8.01. The van der Waals surface area contributed by atoms with Gasteiger partial charge >= 0.3 is 0 Å². The van der Waals surface area contributed by atoms with Crippen LogP contribution >= 0.6 is 23.1 Å². The van der Waals surface area contributed by atoms with E-state index in [9.17, 15) is 9.59 Å². The first kappa shape index (κ1) is 22.8. The Balaban J connectivity index is 1.37. The minimum absolute atomic E-state index is 0.0625. The Hall–Kier alpha value is -2.84. The molecule has 8 heteroatoms. The van der Waals surface area contributed by atoms with Crippen LogP contribution in [0.3, 0.4) is 0 Å². The normalized spacial score (nSPS) is 10.5. The molecule has 0 unspecified atom stereocenters. The first-order valence-corrected chi connectivity index (χ1v) is 11.7. The largest absolute Gasteiger partial charge is 0.497 e. The summed E-state index contributed by atoms with van der Waals surface area (Å²) in [6.07, 6.45) is 0.985. The molecule has 0 atom stereocenters. The number of hydrogen-bond acceptors (Lipinski definition) is 6. The van der Waals surface area contributed by atoms with Crippen molar-refractivity contribution in [3.8, 4) is 5.75 Å². The van der Waals surface area contributed by atoms with Gasteiger partial charge in [0.15, 0.2) is 4.34 Å². The van der Waals surface area contributed by atoms with E-state index in [1.54, 1.807) is 7.11 Å². The molecule has 0 fully saturated rings. The summed E-state index contributed by atoms with van der Waals surface area (Å²) >= 11 is 2.82. The summed E-state index contributed by atoms with van der Waals surface area (Å²) in [6, 6.07) is 15.5. The molecule has 2 amide bonds. The number of amides is 2. The first-order valence-electron chi connectivity index (χ1n) is 9.85. The quantitative estimate of drug-likeness (QED) is 0.450. The van der Waals surface area contributed by atoms with Crippen LogP contribution in [0.15, 0.2) is 58.3 Å². The van der Waals surface area contributed by atoms with Crippen molar-refractivity contribution in [1.29, 1.82) is 0 Å². The molecule has 162 valence electrons. The van der Waals surface area contributed by atoms with Gasteiger partial charge in [0.2, 0.25) is 11.8 Å². The highest BCUT2D eigenvalue weighted by Gasteiger charge is 2.10. The SMILES string of the molecule is COc1ccc(CCNC(=O)Cc2csc(SCC(=O)Nc3ccc(C)cc3)n2)cc1. The summed E-state index contributed by atoms with van der Waals surface area (Å²) in [5.41, 5.74) is 3.78. The lowest BCUT2D eigenvalue weighted by atomic mass is 10.1. The Kier molecular flexibility index (Phi) is 8.49. The number of thiazole rings is 1. The third kappa shape index (κ3) is 7.73. The maximum Gasteiger partial charge on any atom is 0.234 e. The molecule has 0 aliphatic carbocycles. The molecule has 0 saturated carbocycles. The van der Waals surface area contributed by atoms with Gasteiger partial charge in [-0.15, -0.1) is 11.3 Å². The fourth-order valence-electron chi connectivity index (χ4n) is 2.76. The third-order valence-electron chi connectivity index (χ3n) is 4.43. The molecule has 0 radical (unpaired) electrons. The molecule has 0 saturated heterocycles.